The fourth-order valence-electron chi connectivity index (χ4n) is 2.60. The van der Waals surface area contributed by atoms with E-state index < -0.39 is 0 Å². The topological polar surface area (TPSA) is 45.2 Å². The largest absolute Gasteiger partial charge is 0.375 e. The molecule has 2 aromatic carbocycles. The van der Waals surface area contributed by atoms with Crippen LogP contribution in [0.25, 0.3) is 10.6 Å². The van der Waals surface area contributed by atoms with Crippen LogP contribution in [0.5, 0.6) is 0 Å². The lowest BCUT2D eigenvalue weighted by atomic mass is 10.1. The molecular formula is C20H21N3OS. The highest BCUT2D eigenvalue weighted by Gasteiger charge is 2.08. The molecule has 0 bridgehead atoms. The number of anilines is 2. The van der Waals surface area contributed by atoms with Gasteiger partial charge < -0.3 is 10.2 Å². The quantitative estimate of drug-likeness (QED) is 0.686. The van der Waals surface area contributed by atoms with Gasteiger partial charge in [-0.2, -0.15) is 0 Å². The standard InChI is InChI=1S/C20H21N3OS/c1-3-13-23(2)18-10-6-15(7-11-18)19(24)22-17-8-4-16(5-9-17)20-21-12-14-25-20/h4-12,14H,3,13H2,1-2H3,(H,22,24). The Morgan fingerprint density at radius 1 is 1.12 bits per heavy atom. The minimum atomic E-state index is -0.105. The fraction of sp³-hybridized carbons (Fsp3) is 0.200. The SMILES string of the molecule is CCCN(C)c1ccc(C(=O)Nc2ccc(-c3nccs3)cc2)cc1. The smallest absolute Gasteiger partial charge is 0.255 e. The van der Waals surface area contributed by atoms with E-state index in [1.165, 1.54) is 0 Å². The molecule has 0 spiro atoms. The molecule has 128 valence electrons. The van der Waals surface area contributed by atoms with Gasteiger partial charge in [0.05, 0.1) is 0 Å². The van der Waals surface area contributed by atoms with Gasteiger partial charge in [-0.05, 0) is 55.0 Å². The molecule has 0 unspecified atom stereocenters. The van der Waals surface area contributed by atoms with Crippen LogP contribution >= 0.6 is 11.3 Å². The van der Waals surface area contributed by atoms with Crippen molar-refractivity contribution >= 4 is 28.6 Å². The highest BCUT2D eigenvalue weighted by Crippen LogP contribution is 2.23. The van der Waals surface area contributed by atoms with Gasteiger partial charge in [-0.15, -0.1) is 11.3 Å². The third-order valence-electron chi connectivity index (χ3n) is 3.95. The van der Waals surface area contributed by atoms with Gasteiger partial charge in [-0.3, -0.25) is 4.79 Å². The van der Waals surface area contributed by atoms with Crippen LogP contribution in [0.2, 0.25) is 0 Å². The second kappa shape index (κ2) is 7.94. The average molecular weight is 351 g/mol. The van der Waals surface area contributed by atoms with Crippen molar-refractivity contribution in [3.63, 3.8) is 0 Å². The monoisotopic (exact) mass is 351 g/mol. The molecule has 0 saturated carbocycles. The van der Waals surface area contributed by atoms with Gasteiger partial charge >= 0.3 is 0 Å². The van der Waals surface area contributed by atoms with Crippen molar-refractivity contribution < 1.29 is 4.79 Å². The number of carbonyl (C=O) groups excluding carboxylic acids is 1. The normalized spacial score (nSPS) is 10.5. The van der Waals surface area contributed by atoms with Crippen LogP contribution in [0, 0.1) is 0 Å². The number of nitrogens with zero attached hydrogens (tertiary/aromatic N) is 2. The molecule has 25 heavy (non-hydrogen) atoms. The molecular weight excluding hydrogens is 330 g/mol. The van der Waals surface area contributed by atoms with Gasteiger partial charge in [0.15, 0.2) is 0 Å². The number of benzene rings is 2. The maximum absolute atomic E-state index is 12.4. The predicted molar refractivity (Wildman–Crippen MR) is 106 cm³/mol. The lowest BCUT2D eigenvalue weighted by Gasteiger charge is -2.18. The maximum atomic E-state index is 12.4. The molecule has 0 aliphatic carbocycles. The maximum Gasteiger partial charge on any atom is 0.255 e. The highest BCUT2D eigenvalue weighted by atomic mass is 32.1. The number of rotatable bonds is 6. The van der Waals surface area contributed by atoms with Gasteiger partial charge in [0, 0.05) is 47.7 Å². The molecule has 0 radical (unpaired) electrons. The van der Waals surface area contributed by atoms with Crippen LogP contribution < -0.4 is 10.2 Å². The van der Waals surface area contributed by atoms with Crippen LogP contribution in [-0.2, 0) is 0 Å². The summed E-state index contributed by atoms with van der Waals surface area (Å²) in [5.74, 6) is -0.105. The number of amides is 1. The van der Waals surface area contributed by atoms with E-state index in [1.54, 1.807) is 17.5 Å². The van der Waals surface area contributed by atoms with Gasteiger partial charge in [-0.25, -0.2) is 4.98 Å². The Balaban J connectivity index is 1.65. The second-order valence-electron chi connectivity index (χ2n) is 5.84. The van der Waals surface area contributed by atoms with Crippen molar-refractivity contribution in [3.8, 4) is 10.6 Å². The lowest BCUT2D eigenvalue weighted by Crippen LogP contribution is -2.18. The van der Waals surface area contributed by atoms with E-state index in [9.17, 15) is 4.79 Å². The van der Waals surface area contributed by atoms with Gasteiger partial charge in [0.2, 0.25) is 0 Å². The molecule has 1 aromatic heterocycles. The first-order chi connectivity index (χ1) is 12.2. The molecule has 0 atom stereocenters. The lowest BCUT2D eigenvalue weighted by molar-refractivity contribution is 0.102. The van der Waals surface area contributed by atoms with Gasteiger partial charge in [-0.1, -0.05) is 6.92 Å². The molecule has 1 amide bonds. The van der Waals surface area contributed by atoms with E-state index in [1.807, 2.05) is 53.9 Å². The van der Waals surface area contributed by atoms with E-state index in [4.69, 9.17) is 0 Å². The molecule has 5 heteroatoms. The van der Waals surface area contributed by atoms with Crippen LogP contribution in [-0.4, -0.2) is 24.5 Å². The molecule has 3 aromatic rings. The summed E-state index contributed by atoms with van der Waals surface area (Å²) in [6.07, 6.45) is 2.88. The zero-order valence-corrected chi connectivity index (χ0v) is 15.2. The van der Waals surface area contributed by atoms with Crippen molar-refractivity contribution in [2.45, 2.75) is 13.3 Å². The molecule has 1 N–H and O–H groups in total. The summed E-state index contributed by atoms with van der Waals surface area (Å²) in [5.41, 5.74) is 3.60. The van der Waals surface area contributed by atoms with E-state index in [0.717, 1.165) is 34.9 Å². The Morgan fingerprint density at radius 2 is 1.84 bits per heavy atom. The first-order valence-corrected chi connectivity index (χ1v) is 9.18. The molecule has 1 heterocycles. The summed E-state index contributed by atoms with van der Waals surface area (Å²) in [6, 6.07) is 15.4. The van der Waals surface area contributed by atoms with Gasteiger partial charge in [0.25, 0.3) is 5.91 Å². The zero-order chi connectivity index (χ0) is 17.6. The first kappa shape index (κ1) is 17.2. The Bertz CT molecular complexity index is 811. The van der Waals surface area contributed by atoms with Crippen LogP contribution in [0.15, 0.2) is 60.1 Å². The second-order valence-corrected chi connectivity index (χ2v) is 6.73. The van der Waals surface area contributed by atoms with Crippen LogP contribution in [0.1, 0.15) is 23.7 Å². The van der Waals surface area contributed by atoms with Gasteiger partial charge in [0.1, 0.15) is 5.01 Å². The van der Waals surface area contributed by atoms with E-state index in [2.05, 4.69) is 29.2 Å². The van der Waals surface area contributed by atoms with Crippen molar-refractivity contribution in [1.82, 2.24) is 4.98 Å². The van der Waals surface area contributed by atoms with E-state index in [-0.39, 0.29) is 5.91 Å². The molecule has 0 saturated heterocycles. The number of nitrogens with one attached hydrogen (secondary N) is 1. The zero-order valence-electron chi connectivity index (χ0n) is 14.4. The highest BCUT2D eigenvalue weighted by molar-refractivity contribution is 7.13. The minimum absolute atomic E-state index is 0.105. The van der Waals surface area contributed by atoms with Crippen molar-refractivity contribution in [3.05, 3.63) is 65.7 Å². The summed E-state index contributed by atoms with van der Waals surface area (Å²) in [6.45, 7) is 3.15. The molecule has 0 fully saturated rings. The Kier molecular flexibility index (Phi) is 5.46. The Hall–Kier alpha value is -2.66. The van der Waals surface area contributed by atoms with E-state index in [0.29, 0.717) is 5.56 Å². The number of hydrogen-bond acceptors (Lipinski definition) is 4. The van der Waals surface area contributed by atoms with Crippen molar-refractivity contribution in [1.29, 1.82) is 0 Å². The molecule has 0 aliphatic rings. The fourth-order valence-corrected chi connectivity index (χ4v) is 3.24. The third-order valence-corrected chi connectivity index (χ3v) is 4.77. The first-order valence-electron chi connectivity index (χ1n) is 8.30. The molecule has 3 rings (SSSR count). The summed E-state index contributed by atoms with van der Waals surface area (Å²) in [4.78, 5) is 18.9. The Morgan fingerprint density at radius 3 is 2.44 bits per heavy atom. The van der Waals surface area contributed by atoms with Crippen molar-refractivity contribution in [2.24, 2.45) is 0 Å². The third kappa shape index (κ3) is 4.25. The summed E-state index contributed by atoms with van der Waals surface area (Å²) < 4.78 is 0. The van der Waals surface area contributed by atoms with Crippen LogP contribution in [0.4, 0.5) is 11.4 Å². The van der Waals surface area contributed by atoms with Crippen LogP contribution in [0.3, 0.4) is 0 Å². The van der Waals surface area contributed by atoms with E-state index >= 15 is 0 Å². The average Bonchev–Trinajstić information content (AvgIpc) is 3.17. The van der Waals surface area contributed by atoms with Crippen molar-refractivity contribution in [2.75, 3.05) is 23.8 Å². The number of aromatic nitrogens is 1. The molecule has 0 aliphatic heterocycles. The minimum Gasteiger partial charge on any atom is -0.375 e. The predicted octanol–water partition coefficient (Wildman–Crippen LogP) is 4.91. The number of thiazole rings is 1. The summed E-state index contributed by atoms with van der Waals surface area (Å²) in [7, 11) is 2.06. The number of carbonyl (C=O) groups is 1. The summed E-state index contributed by atoms with van der Waals surface area (Å²) >= 11 is 1.60. The Labute approximate surface area is 152 Å². The molecule has 4 nitrogen and oxygen atoms in total. The summed E-state index contributed by atoms with van der Waals surface area (Å²) in [5, 5.41) is 5.86. The number of hydrogen-bond donors (Lipinski definition) is 1.